The molecule has 0 bridgehead atoms. The molecule has 0 spiro atoms. The minimum absolute atomic E-state index is 0.0127. The van der Waals surface area contributed by atoms with E-state index < -0.39 is 11.5 Å². The number of rotatable bonds is 6. The number of thiazole rings is 1. The largest absolute Gasteiger partial charge is 0.481 e. The summed E-state index contributed by atoms with van der Waals surface area (Å²) in [6.07, 6.45) is 0.377. The molecular weight excluding hydrogens is 312 g/mol. The Hall–Kier alpha value is -2.21. The standard InChI is InChI=1S/C17H20N2O3S/c1-11-6-4-5-7-12(11)16-18-13(10-23-16)15(22)19-17(2,3)9-8-14(20)21/h4-7,10H,8-9H2,1-3H3,(H,19,22)(H,20,21). The summed E-state index contributed by atoms with van der Waals surface area (Å²) in [7, 11) is 0. The van der Waals surface area contributed by atoms with E-state index in [1.807, 2.05) is 45.0 Å². The SMILES string of the molecule is Cc1ccccc1-c1nc(C(=O)NC(C)(C)CCC(=O)O)cs1. The summed E-state index contributed by atoms with van der Waals surface area (Å²) >= 11 is 1.42. The van der Waals surface area contributed by atoms with E-state index in [0.717, 1.165) is 16.1 Å². The van der Waals surface area contributed by atoms with Crippen molar-refractivity contribution in [3.63, 3.8) is 0 Å². The highest BCUT2D eigenvalue weighted by molar-refractivity contribution is 7.13. The minimum atomic E-state index is -0.872. The van der Waals surface area contributed by atoms with E-state index in [9.17, 15) is 9.59 Å². The van der Waals surface area contributed by atoms with Gasteiger partial charge in [0.25, 0.3) is 5.91 Å². The van der Waals surface area contributed by atoms with Crippen molar-refractivity contribution in [3.8, 4) is 10.6 Å². The van der Waals surface area contributed by atoms with Crippen LogP contribution < -0.4 is 5.32 Å². The molecule has 0 atom stereocenters. The van der Waals surface area contributed by atoms with Gasteiger partial charge in [-0.25, -0.2) is 4.98 Å². The Balaban J connectivity index is 2.10. The first-order chi connectivity index (χ1) is 10.8. The number of aliphatic carboxylic acids is 1. The van der Waals surface area contributed by atoms with Crippen molar-refractivity contribution in [3.05, 3.63) is 40.9 Å². The number of carboxylic acid groups (broad SMARTS) is 1. The highest BCUT2D eigenvalue weighted by Crippen LogP contribution is 2.26. The average Bonchev–Trinajstić information content (AvgIpc) is 2.95. The normalized spacial score (nSPS) is 11.3. The Bertz CT molecular complexity index is 722. The van der Waals surface area contributed by atoms with Gasteiger partial charge in [0.05, 0.1) is 0 Å². The Labute approximate surface area is 139 Å². The lowest BCUT2D eigenvalue weighted by molar-refractivity contribution is -0.137. The van der Waals surface area contributed by atoms with Crippen LogP contribution in [0.5, 0.6) is 0 Å². The summed E-state index contributed by atoms with van der Waals surface area (Å²) in [5, 5.41) is 14.1. The molecule has 0 radical (unpaired) electrons. The van der Waals surface area contributed by atoms with Crippen molar-refractivity contribution in [2.45, 2.75) is 39.2 Å². The Morgan fingerprint density at radius 3 is 2.65 bits per heavy atom. The van der Waals surface area contributed by atoms with Gasteiger partial charge < -0.3 is 10.4 Å². The Morgan fingerprint density at radius 2 is 2.00 bits per heavy atom. The zero-order valence-electron chi connectivity index (χ0n) is 13.4. The fourth-order valence-corrected chi connectivity index (χ4v) is 3.06. The van der Waals surface area contributed by atoms with E-state index in [1.165, 1.54) is 11.3 Å². The summed E-state index contributed by atoms with van der Waals surface area (Å²) in [5.74, 6) is -1.15. The van der Waals surface area contributed by atoms with E-state index in [1.54, 1.807) is 5.38 Å². The molecule has 0 unspecified atom stereocenters. The van der Waals surface area contributed by atoms with Gasteiger partial charge in [0.1, 0.15) is 10.7 Å². The molecule has 2 rings (SSSR count). The molecule has 0 aliphatic carbocycles. The van der Waals surface area contributed by atoms with E-state index in [4.69, 9.17) is 5.11 Å². The summed E-state index contributed by atoms with van der Waals surface area (Å²) in [6.45, 7) is 5.62. The summed E-state index contributed by atoms with van der Waals surface area (Å²) < 4.78 is 0. The molecule has 0 fully saturated rings. The maximum absolute atomic E-state index is 12.3. The maximum atomic E-state index is 12.3. The first-order valence-corrected chi connectivity index (χ1v) is 8.22. The van der Waals surface area contributed by atoms with Crippen LogP contribution >= 0.6 is 11.3 Å². The summed E-state index contributed by atoms with van der Waals surface area (Å²) in [4.78, 5) is 27.4. The van der Waals surface area contributed by atoms with E-state index >= 15 is 0 Å². The van der Waals surface area contributed by atoms with Crippen LogP contribution in [0.1, 0.15) is 42.7 Å². The van der Waals surface area contributed by atoms with E-state index in [0.29, 0.717) is 12.1 Å². The van der Waals surface area contributed by atoms with Gasteiger partial charge in [-0.2, -0.15) is 0 Å². The Kier molecular flexibility index (Phi) is 5.15. The second-order valence-corrected chi connectivity index (χ2v) is 6.94. The van der Waals surface area contributed by atoms with Crippen molar-refractivity contribution >= 4 is 23.2 Å². The van der Waals surface area contributed by atoms with Gasteiger partial charge in [-0.3, -0.25) is 9.59 Å². The van der Waals surface area contributed by atoms with Crippen LogP contribution in [0.3, 0.4) is 0 Å². The first-order valence-electron chi connectivity index (χ1n) is 7.34. The van der Waals surface area contributed by atoms with Crippen molar-refractivity contribution < 1.29 is 14.7 Å². The fraction of sp³-hybridized carbons (Fsp3) is 0.353. The number of amides is 1. The van der Waals surface area contributed by atoms with Crippen LogP contribution in [-0.4, -0.2) is 27.5 Å². The molecule has 6 heteroatoms. The molecule has 122 valence electrons. The first kappa shape index (κ1) is 17.1. The lowest BCUT2D eigenvalue weighted by Crippen LogP contribution is -2.43. The van der Waals surface area contributed by atoms with Gasteiger partial charge in [0.2, 0.25) is 0 Å². The van der Waals surface area contributed by atoms with Gasteiger partial charge in [-0.1, -0.05) is 24.3 Å². The van der Waals surface area contributed by atoms with E-state index in [2.05, 4.69) is 10.3 Å². The zero-order valence-corrected chi connectivity index (χ0v) is 14.2. The number of carbonyl (C=O) groups is 2. The molecular formula is C17H20N2O3S. The lowest BCUT2D eigenvalue weighted by atomic mass is 9.98. The molecule has 5 nitrogen and oxygen atoms in total. The number of aromatic nitrogens is 1. The quantitative estimate of drug-likeness (QED) is 0.848. The minimum Gasteiger partial charge on any atom is -0.481 e. The molecule has 23 heavy (non-hydrogen) atoms. The molecule has 1 aromatic heterocycles. The molecule has 1 amide bonds. The van der Waals surface area contributed by atoms with Gasteiger partial charge in [0.15, 0.2) is 0 Å². The second kappa shape index (κ2) is 6.91. The van der Waals surface area contributed by atoms with Crippen LogP contribution in [0.2, 0.25) is 0 Å². The third kappa shape index (κ3) is 4.63. The number of carboxylic acids is 1. The predicted molar refractivity (Wildman–Crippen MR) is 90.7 cm³/mol. The monoisotopic (exact) mass is 332 g/mol. The number of hydrogen-bond donors (Lipinski definition) is 2. The van der Waals surface area contributed by atoms with Gasteiger partial charge >= 0.3 is 5.97 Å². The van der Waals surface area contributed by atoms with Crippen LogP contribution in [0.15, 0.2) is 29.6 Å². The molecule has 2 aromatic rings. The molecule has 0 aliphatic rings. The number of carbonyl (C=O) groups excluding carboxylic acids is 1. The van der Waals surface area contributed by atoms with Gasteiger partial charge in [-0.15, -0.1) is 11.3 Å². The maximum Gasteiger partial charge on any atom is 0.303 e. The topological polar surface area (TPSA) is 79.3 Å². The highest BCUT2D eigenvalue weighted by Gasteiger charge is 2.23. The van der Waals surface area contributed by atoms with Crippen molar-refractivity contribution in [2.75, 3.05) is 0 Å². The molecule has 1 aromatic carbocycles. The molecule has 1 heterocycles. The highest BCUT2D eigenvalue weighted by atomic mass is 32.1. The Morgan fingerprint density at radius 1 is 1.30 bits per heavy atom. The number of hydrogen-bond acceptors (Lipinski definition) is 4. The average molecular weight is 332 g/mol. The number of benzene rings is 1. The summed E-state index contributed by atoms with van der Waals surface area (Å²) in [5.41, 5.74) is 1.89. The van der Waals surface area contributed by atoms with Crippen LogP contribution in [0.4, 0.5) is 0 Å². The van der Waals surface area contributed by atoms with E-state index in [-0.39, 0.29) is 12.3 Å². The molecule has 2 N–H and O–H groups in total. The van der Waals surface area contributed by atoms with Crippen molar-refractivity contribution in [2.24, 2.45) is 0 Å². The van der Waals surface area contributed by atoms with Crippen LogP contribution in [0, 0.1) is 6.92 Å². The third-order valence-corrected chi connectivity index (χ3v) is 4.40. The number of nitrogens with zero attached hydrogens (tertiary/aromatic N) is 1. The smallest absolute Gasteiger partial charge is 0.303 e. The predicted octanol–water partition coefficient (Wildman–Crippen LogP) is 3.49. The molecule has 0 aliphatic heterocycles. The molecule has 0 saturated carbocycles. The van der Waals surface area contributed by atoms with Crippen LogP contribution in [-0.2, 0) is 4.79 Å². The third-order valence-electron chi connectivity index (χ3n) is 3.53. The van der Waals surface area contributed by atoms with Gasteiger partial charge in [-0.05, 0) is 32.8 Å². The van der Waals surface area contributed by atoms with Gasteiger partial charge in [0, 0.05) is 22.9 Å². The van der Waals surface area contributed by atoms with Crippen molar-refractivity contribution in [1.82, 2.24) is 10.3 Å². The summed E-state index contributed by atoms with van der Waals surface area (Å²) in [6, 6.07) is 7.89. The fourth-order valence-electron chi connectivity index (χ4n) is 2.17. The zero-order chi connectivity index (χ0) is 17.0. The second-order valence-electron chi connectivity index (χ2n) is 6.08. The number of nitrogens with one attached hydrogen (secondary N) is 1. The molecule has 0 saturated heterocycles. The number of aryl methyl sites for hydroxylation is 1. The lowest BCUT2D eigenvalue weighted by Gasteiger charge is -2.25. The van der Waals surface area contributed by atoms with Crippen molar-refractivity contribution in [1.29, 1.82) is 0 Å². The van der Waals surface area contributed by atoms with Crippen LogP contribution in [0.25, 0.3) is 10.6 Å².